The van der Waals surface area contributed by atoms with E-state index in [2.05, 4.69) is 10.9 Å². The van der Waals surface area contributed by atoms with Gasteiger partial charge in [-0.05, 0) is 35.9 Å². The first kappa shape index (κ1) is 14.3. The smallest absolute Gasteiger partial charge is 0.269 e. The fraction of sp³-hybridized carbons (Fsp3) is 0. The van der Waals surface area contributed by atoms with Crippen LogP contribution >= 0.6 is 0 Å². The predicted octanol–water partition coefficient (Wildman–Crippen LogP) is 1.87. The zero-order chi connectivity index (χ0) is 15.1. The van der Waals surface area contributed by atoms with Crippen molar-refractivity contribution < 1.29 is 14.7 Å². The van der Waals surface area contributed by atoms with Gasteiger partial charge in [0.15, 0.2) is 0 Å². The van der Waals surface area contributed by atoms with Crippen LogP contribution in [0.15, 0.2) is 60.7 Å². The summed E-state index contributed by atoms with van der Waals surface area (Å²) >= 11 is 0. The summed E-state index contributed by atoms with van der Waals surface area (Å²) < 4.78 is 0. The molecule has 0 atom stereocenters. The molecule has 0 aliphatic carbocycles. The second-order valence-electron chi connectivity index (χ2n) is 4.23. The Labute approximate surface area is 121 Å². The molecule has 2 amide bonds. The van der Waals surface area contributed by atoms with Gasteiger partial charge in [0.1, 0.15) is 5.75 Å². The van der Waals surface area contributed by atoms with Gasteiger partial charge in [0.25, 0.3) is 11.8 Å². The summed E-state index contributed by atoms with van der Waals surface area (Å²) in [5.41, 5.74) is 5.78. The highest BCUT2D eigenvalue weighted by Gasteiger charge is 2.05. The van der Waals surface area contributed by atoms with Crippen LogP contribution in [0.3, 0.4) is 0 Å². The summed E-state index contributed by atoms with van der Waals surface area (Å²) in [7, 11) is 0. The van der Waals surface area contributed by atoms with Crippen molar-refractivity contribution in [3.05, 3.63) is 71.8 Å². The normalized spacial score (nSPS) is 10.3. The molecule has 3 N–H and O–H groups in total. The van der Waals surface area contributed by atoms with Gasteiger partial charge in [-0.1, -0.05) is 30.3 Å². The Morgan fingerprint density at radius 2 is 1.57 bits per heavy atom. The number of amides is 2. The van der Waals surface area contributed by atoms with Gasteiger partial charge in [0, 0.05) is 11.6 Å². The third-order valence-electron chi connectivity index (χ3n) is 2.66. The van der Waals surface area contributed by atoms with Crippen LogP contribution in [0, 0.1) is 0 Å². The summed E-state index contributed by atoms with van der Waals surface area (Å²) in [5.74, 6) is -0.830. The minimum atomic E-state index is -0.462. The van der Waals surface area contributed by atoms with Crippen LogP contribution in [0.1, 0.15) is 15.9 Å². The third kappa shape index (κ3) is 4.50. The number of aromatic hydroxyl groups is 1. The Hall–Kier alpha value is -3.08. The molecule has 106 valence electrons. The van der Waals surface area contributed by atoms with Crippen molar-refractivity contribution in [2.45, 2.75) is 0 Å². The lowest BCUT2D eigenvalue weighted by atomic mass is 10.2. The zero-order valence-corrected chi connectivity index (χ0v) is 11.1. The number of benzene rings is 2. The molecule has 0 spiro atoms. The molecule has 2 aromatic rings. The zero-order valence-electron chi connectivity index (χ0n) is 11.1. The highest BCUT2D eigenvalue weighted by Crippen LogP contribution is 2.09. The number of nitrogens with one attached hydrogen (secondary N) is 2. The maximum absolute atomic E-state index is 11.7. The average Bonchev–Trinajstić information content (AvgIpc) is 2.52. The Morgan fingerprint density at radius 1 is 0.905 bits per heavy atom. The highest BCUT2D eigenvalue weighted by atomic mass is 16.3. The van der Waals surface area contributed by atoms with E-state index in [0.29, 0.717) is 5.56 Å². The van der Waals surface area contributed by atoms with Crippen LogP contribution in [0.4, 0.5) is 0 Å². The minimum Gasteiger partial charge on any atom is -0.508 e. The molecule has 21 heavy (non-hydrogen) atoms. The van der Waals surface area contributed by atoms with Crippen molar-refractivity contribution in [3.63, 3.8) is 0 Å². The second-order valence-corrected chi connectivity index (χ2v) is 4.23. The topological polar surface area (TPSA) is 78.4 Å². The predicted molar refractivity (Wildman–Crippen MR) is 79.2 cm³/mol. The van der Waals surface area contributed by atoms with Crippen LogP contribution in [0.2, 0.25) is 0 Å². The minimum absolute atomic E-state index is 0.0707. The Kier molecular flexibility index (Phi) is 4.71. The lowest BCUT2D eigenvalue weighted by Crippen LogP contribution is -2.40. The number of carbonyl (C=O) groups is 2. The Morgan fingerprint density at radius 3 is 2.24 bits per heavy atom. The van der Waals surface area contributed by atoms with Gasteiger partial charge in [0.2, 0.25) is 0 Å². The molecule has 2 rings (SSSR count). The quantitative estimate of drug-likeness (QED) is 0.594. The van der Waals surface area contributed by atoms with E-state index in [1.54, 1.807) is 6.08 Å². The molecule has 0 fully saturated rings. The molecule has 0 aliphatic heterocycles. The molecule has 5 heteroatoms. The number of hydrogen-bond acceptors (Lipinski definition) is 3. The van der Waals surface area contributed by atoms with E-state index in [1.807, 2.05) is 30.3 Å². The molecule has 2 aromatic carbocycles. The molecule has 0 heterocycles. The fourth-order valence-electron chi connectivity index (χ4n) is 1.58. The number of hydrazine groups is 1. The molecule has 0 aromatic heterocycles. The van der Waals surface area contributed by atoms with Crippen LogP contribution < -0.4 is 10.9 Å². The number of rotatable bonds is 3. The van der Waals surface area contributed by atoms with Crippen molar-refractivity contribution in [3.8, 4) is 5.75 Å². The van der Waals surface area contributed by atoms with E-state index in [0.717, 1.165) is 5.56 Å². The van der Waals surface area contributed by atoms with E-state index in [-0.39, 0.29) is 5.75 Å². The lowest BCUT2D eigenvalue weighted by molar-refractivity contribution is -0.117. The monoisotopic (exact) mass is 282 g/mol. The third-order valence-corrected chi connectivity index (χ3v) is 2.66. The first-order valence-electron chi connectivity index (χ1n) is 6.27. The van der Waals surface area contributed by atoms with E-state index in [9.17, 15) is 9.59 Å². The summed E-state index contributed by atoms with van der Waals surface area (Å²) in [6, 6.07) is 15.0. The SMILES string of the molecule is O=C(/C=C/c1ccccc1)NNC(=O)c1ccc(O)cc1. The van der Waals surface area contributed by atoms with Gasteiger partial charge in [-0.15, -0.1) is 0 Å². The van der Waals surface area contributed by atoms with Gasteiger partial charge in [-0.25, -0.2) is 0 Å². The number of carbonyl (C=O) groups excluding carboxylic acids is 2. The van der Waals surface area contributed by atoms with Crippen molar-refractivity contribution in [2.24, 2.45) is 0 Å². The lowest BCUT2D eigenvalue weighted by Gasteiger charge is -2.05. The molecule has 0 saturated heterocycles. The van der Waals surface area contributed by atoms with E-state index < -0.39 is 11.8 Å². The molecular weight excluding hydrogens is 268 g/mol. The van der Waals surface area contributed by atoms with Crippen LogP contribution in [-0.2, 0) is 4.79 Å². The van der Waals surface area contributed by atoms with Crippen molar-refractivity contribution in [1.82, 2.24) is 10.9 Å². The van der Waals surface area contributed by atoms with Crippen LogP contribution in [0.5, 0.6) is 5.75 Å². The first-order chi connectivity index (χ1) is 10.1. The van der Waals surface area contributed by atoms with E-state index >= 15 is 0 Å². The number of hydrogen-bond donors (Lipinski definition) is 3. The van der Waals surface area contributed by atoms with Gasteiger partial charge < -0.3 is 5.11 Å². The summed E-state index contributed by atoms with van der Waals surface area (Å²) in [6.45, 7) is 0. The fourth-order valence-corrected chi connectivity index (χ4v) is 1.58. The number of phenols is 1. The van der Waals surface area contributed by atoms with E-state index in [4.69, 9.17) is 5.11 Å². The van der Waals surface area contributed by atoms with Crippen molar-refractivity contribution in [2.75, 3.05) is 0 Å². The molecule has 0 unspecified atom stereocenters. The molecule has 0 bridgehead atoms. The Bertz CT molecular complexity index is 649. The maximum atomic E-state index is 11.7. The summed E-state index contributed by atoms with van der Waals surface area (Å²) in [5, 5.41) is 9.12. The Balaban J connectivity index is 1.85. The maximum Gasteiger partial charge on any atom is 0.269 e. The van der Waals surface area contributed by atoms with Crippen LogP contribution in [-0.4, -0.2) is 16.9 Å². The second kappa shape index (κ2) is 6.91. The van der Waals surface area contributed by atoms with Crippen LogP contribution in [0.25, 0.3) is 6.08 Å². The first-order valence-corrected chi connectivity index (χ1v) is 6.27. The molecule has 0 radical (unpaired) electrons. The van der Waals surface area contributed by atoms with Gasteiger partial charge >= 0.3 is 0 Å². The number of phenolic OH excluding ortho intramolecular Hbond substituents is 1. The average molecular weight is 282 g/mol. The van der Waals surface area contributed by atoms with Crippen molar-refractivity contribution >= 4 is 17.9 Å². The molecule has 5 nitrogen and oxygen atoms in total. The highest BCUT2D eigenvalue weighted by molar-refractivity contribution is 5.97. The molecular formula is C16H14N2O3. The summed E-state index contributed by atoms with van der Waals surface area (Å²) in [4.78, 5) is 23.3. The van der Waals surface area contributed by atoms with Gasteiger partial charge in [-0.2, -0.15) is 0 Å². The van der Waals surface area contributed by atoms with Crippen molar-refractivity contribution in [1.29, 1.82) is 0 Å². The van der Waals surface area contributed by atoms with Gasteiger partial charge in [0.05, 0.1) is 0 Å². The largest absolute Gasteiger partial charge is 0.508 e. The summed E-state index contributed by atoms with van der Waals surface area (Å²) in [6.07, 6.45) is 2.97. The molecule has 0 aliphatic rings. The van der Waals surface area contributed by atoms with Gasteiger partial charge in [-0.3, -0.25) is 20.4 Å². The molecule has 0 saturated carbocycles. The van der Waals surface area contributed by atoms with E-state index in [1.165, 1.54) is 30.3 Å². The standard InChI is InChI=1S/C16H14N2O3/c19-14-9-7-13(8-10-14)16(21)18-17-15(20)11-6-12-4-2-1-3-5-12/h1-11,19H,(H,17,20)(H,18,21)/b11-6+.